The standard InChI is InChI=1S/C20H28O2.C15H21NO3.C13H13N3O3/c1-15(8-6-9-16(2)14-19(21)22)11-12-18-17(3)10-7-13-20(18,4)5;17-14(12-13-8-4-3-5-9-13)10-6-1-2-7-11-15(18)16-19;14-9-3-1-2-7-8(9)6-16(13(7)19)10-4-5-11(17)15-12(10)18/h6,8-9,11-12,14H,7,10,13H2,1-5H3,(H,21,22);3-5,8-9,19H,1-2,6-7,10-12H2,(H,16,18);1-3,10H,4-6,14H2,(H,15,17,18)/b9-6+,12-11+,15-8+,16-14+;;. The maximum Gasteiger partial charge on any atom is 0.328 e. The maximum atomic E-state index is 12.3. The number of fused-ring (bicyclic) bond motifs is 1. The number of carboxylic acid groups (broad SMARTS) is 1. The molecule has 2 aromatic carbocycles. The quantitative estimate of drug-likeness (QED) is 0.0223. The van der Waals surface area contributed by atoms with Crippen LogP contribution in [0.2, 0.25) is 0 Å². The van der Waals surface area contributed by atoms with Crippen LogP contribution in [0.4, 0.5) is 5.69 Å². The van der Waals surface area contributed by atoms with Gasteiger partial charge in [0.1, 0.15) is 11.8 Å². The highest BCUT2D eigenvalue weighted by Crippen LogP contribution is 2.40. The predicted molar refractivity (Wildman–Crippen MR) is 233 cm³/mol. The number of nitrogens with one attached hydrogen (secondary N) is 2. The van der Waals surface area contributed by atoms with E-state index in [1.54, 1.807) is 36.7 Å². The third-order valence-corrected chi connectivity index (χ3v) is 10.7. The smallest absolute Gasteiger partial charge is 0.328 e. The third-order valence-electron chi connectivity index (χ3n) is 10.7. The molecule has 2 aliphatic heterocycles. The van der Waals surface area contributed by atoms with Crippen molar-refractivity contribution in [3.8, 4) is 0 Å². The number of nitrogens with two attached hydrogens (primary N) is 1. The molecule has 2 heterocycles. The Morgan fingerprint density at radius 2 is 1.63 bits per heavy atom. The Labute approximate surface area is 354 Å². The highest BCUT2D eigenvalue weighted by Gasteiger charge is 2.39. The first kappa shape index (κ1) is 48.5. The summed E-state index contributed by atoms with van der Waals surface area (Å²) in [5, 5.41) is 19.2. The van der Waals surface area contributed by atoms with E-state index in [2.05, 4.69) is 45.2 Å². The number of piperidine rings is 1. The molecule has 1 fully saturated rings. The molecule has 1 aliphatic carbocycles. The van der Waals surface area contributed by atoms with E-state index in [-0.39, 0.29) is 35.3 Å². The monoisotopic (exact) mass is 822 g/mol. The number of aliphatic carboxylic acids is 1. The van der Waals surface area contributed by atoms with Gasteiger partial charge in [-0.2, -0.15) is 0 Å². The van der Waals surface area contributed by atoms with Gasteiger partial charge in [-0.3, -0.25) is 34.5 Å². The number of carboxylic acids is 1. The molecule has 0 bridgehead atoms. The first-order valence-electron chi connectivity index (χ1n) is 20.7. The summed E-state index contributed by atoms with van der Waals surface area (Å²) in [4.78, 5) is 69.7. The van der Waals surface area contributed by atoms with Crippen LogP contribution in [0, 0.1) is 5.41 Å². The number of Topliss-reactive ketones (excluding diaryl/α,β-unsaturated/α-hetero) is 1. The van der Waals surface area contributed by atoms with Gasteiger partial charge in [0.25, 0.3) is 5.91 Å². The molecule has 4 amide bonds. The van der Waals surface area contributed by atoms with Gasteiger partial charge in [0.05, 0.1) is 0 Å². The number of benzene rings is 2. The van der Waals surface area contributed by atoms with Crippen molar-refractivity contribution in [2.45, 2.75) is 124 Å². The Morgan fingerprint density at radius 3 is 2.27 bits per heavy atom. The van der Waals surface area contributed by atoms with Gasteiger partial charge in [-0.05, 0) is 93.6 Å². The molecule has 1 unspecified atom stereocenters. The van der Waals surface area contributed by atoms with Crippen molar-refractivity contribution in [1.29, 1.82) is 0 Å². The Balaban J connectivity index is 0.000000241. The molecule has 0 spiro atoms. The minimum atomic E-state index is -0.912. The number of nitrogens with zero attached hydrogens (tertiary/aromatic N) is 1. The van der Waals surface area contributed by atoms with Crippen molar-refractivity contribution < 1.29 is 39.1 Å². The molecule has 6 N–H and O–H groups in total. The molecule has 0 radical (unpaired) electrons. The van der Waals surface area contributed by atoms with E-state index < -0.39 is 17.9 Å². The minimum Gasteiger partial charge on any atom is -0.478 e. The molecule has 5 rings (SSSR count). The average molecular weight is 823 g/mol. The summed E-state index contributed by atoms with van der Waals surface area (Å²) < 4.78 is 0. The molecular weight excluding hydrogens is 761 g/mol. The summed E-state index contributed by atoms with van der Waals surface area (Å²) >= 11 is 0. The van der Waals surface area contributed by atoms with E-state index in [4.69, 9.17) is 16.0 Å². The number of carbonyl (C=O) groups is 6. The van der Waals surface area contributed by atoms with Crippen molar-refractivity contribution in [2.75, 3.05) is 5.73 Å². The fourth-order valence-electron chi connectivity index (χ4n) is 7.41. The lowest BCUT2D eigenvalue weighted by Crippen LogP contribution is -2.52. The molecule has 1 saturated heterocycles. The van der Waals surface area contributed by atoms with Crippen LogP contribution in [0.3, 0.4) is 0 Å². The summed E-state index contributed by atoms with van der Waals surface area (Å²) in [6.45, 7) is 11.0. The van der Waals surface area contributed by atoms with E-state index in [0.29, 0.717) is 43.5 Å². The molecule has 12 nitrogen and oxygen atoms in total. The number of hydroxylamine groups is 1. The minimum absolute atomic E-state index is 0.197. The van der Waals surface area contributed by atoms with Gasteiger partial charge < -0.3 is 15.7 Å². The summed E-state index contributed by atoms with van der Waals surface area (Å²) in [7, 11) is 0. The number of allylic oxidation sites excluding steroid dienone is 9. The lowest BCUT2D eigenvalue weighted by molar-refractivity contribution is -0.137. The number of amides is 4. The largest absolute Gasteiger partial charge is 0.478 e. The van der Waals surface area contributed by atoms with Gasteiger partial charge in [0.2, 0.25) is 17.7 Å². The van der Waals surface area contributed by atoms with Gasteiger partial charge >= 0.3 is 5.97 Å². The van der Waals surface area contributed by atoms with Gasteiger partial charge in [0, 0.05) is 55.1 Å². The molecular formula is C48H62N4O8. The summed E-state index contributed by atoms with van der Waals surface area (Å²) in [6, 6.07) is 14.3. The number of hydrogen-bond donors (Lipinski definition) is 5. The zero-order chi connectivity index (χ0) is 44.2. The van der Waals surface area contributed by atoms with Crippen LogP contribution in [-0.4, -0.2) is 56.6 Å². The second-order valence-corrected chi connectivity index (χ2v) is 16.2. The summed E-state index contributed by atoms with van der Waals surface area (Å²) in [5.74, 6) is -1.89. The van der Waals surface area contributed by atoms with Crippen LogP contribution in [0.15, 0.2) is 107 Å². The Kier molecular flexibility index (Phi) is 19.6. The molecule has 0 aromatic heterocycles. The Morgan fingerprint density at radius 1 is 0.933 bits per heavy atom. The number of unbranched alkanes of at least 4 members (excludes halogenated alkanes) is 3. The van der Waals surface area contributed by atoms with Crippen LogP contribution in [-0.2, 0) is 36.9 Å². The number of imide groups is 1. The SMILES string of the molecule is CC1=C(/C=C/C(C)=C/C=C/C(C)=C/C(=O)O)C(C)(C)CCC1.Nc1cccc2c1CN(C1CCC(=O)NC1=O)C2=O.O=C(CCCCCCC(=O)NO)Cc1ccccc1. The predicted octanol–water partition coefficient (Wildman–Crippen LogP) is 8.28. The van der Waals surface area contributed by atoms with Crippen molar-refractivity contribution >= 4 is 41.1 Å². The first-order valence-corrected chi connectivity index (χ1v) is 20.7. The first-order chi connectivity index (χ1) is 28.5. The van der Waals surface area contributed by atoms with Crippen LogP contribution >= 0.6 is 0 Å². The van der Waals surface area contributed by atoms with E-state index in [1.165, 1.54) is 41.4 Å². The van der Waals surface area contributed by atoms with Crippen LogP contribution in [0.5, 0.6) is 0 Å². The Hall–Kier alpha value is -5.88. The fourth-order valence-corrected chi connectivity index (χ4v) is 7.41. The lowest BCUT2D eigenvalue weighted by Gasteiger charge is -2.32. The number of anilines is 1. The molecule has 60 heavy (non-hydrogen) atoms. The topological polar surface area (TPSA) is 196 Å². The lowest BCUT2D eigenvalue weighted by atomic mass is 9.72. The number of carbonyl (C=O) groups excluding carboxylic acids is 5. The number of hydrogen-bond acceptors (Lipinski definition) is 8. The van der Waals surface area contributed by atoms with Gasteiger partial charge in [-0.1, -0.05) is 105 Å². The van der Waals surface area contributed by atoms with Crippen molar-refractivity contribution in [3.63, 3.8) is 0 Å². The van der Waals surface area contributed by atoms with Gasteiger partial charge in [0.15, 0.2) is 0 Å². The highest BCUT2D eigenvalue weighted by atomic mass is 16.5. The normalized spacial score (nSPS) is 17.7. The average Bonchev–Trinajstić information content (AvgIpc) is 3.52. The number of rotatable bonds is 15. The summed E-state index contributed by atoms with van der Waals surface area (Å²) in [5.41, 5.74) is 15.5. The third kappa shape index (κ3) is 16.1. The zero-order valence-corrected chi connectivity index (χ0v) is 35.7. The van der Waals surface area contributed by atoms with Crippen LogP contribution < -0.4 is 16.5 Å². The number of ketones is 1. The van der Waals surface area contributed by atoms with E-state index in [9.17, 15) is 28.8 Å². The van der Waals surface area contributed by atoms with Crippen molar-refractivity contribution in [2.24, 2.45) is 5.41 Å². The zero-order valence-electron chi connectivity index (χ0n) is 35.7. The molecule has 2 aromatic rings. The Bertz CT molecular complexity index is 2010. The second-order valence-electron chi connectivity index (χ2n) is 16.2. The molecule has 0 saturated carbocycles. The van der Waals surface area contributed by atoms with E-state index in [1.807, 2.05) is 42.5 Å². The van der Waals surface area contributed by atoms with Crippen LogP contribution in [0.1, 0.15) is 127 Å². The van der Waals surface area contributed by atoms with Gasteiger partial charge in [-0.15, -0.1) is 0 Å². The highest BCUT2D eigenvalue weighted by molar-refractivity contribution is 6.06. The maximum absolute atomic E-state index is 12.3. The van der Waals surface area contributed by atoms with E-state index >= 15 is 0 Å². The number of nitrogen functional groups attached to an aromatic ring is 1. The molecule has 3 aliphatic rings. The van der Waals surface area contributed by atoms with Gasteiger partial charge in [-0.25, -0.2) is 10.3 Å². The molecule has 12 heteroatoms. The van der Waals surface area contributed by atoms with Crippen molar-refractivity contribution in [3.05, 3.63) is 124 Å². The van der Waals surface area contributed by atoms with E-state index in [0.717, 1.165) is 48.0 Å². The van der Waals surface area contributed by atoms with Crippen LogP contribution in [0.25, 0.3) is 0 Å². The van der Waals surface area contributed by atoms with Crippen molar-refractivity contribution in [1.82, 2.24) is 15.7 Å². The second kappa shape index (κ2) is 24.3. The molecule has 1 atom stereocenters. The molecule has 322 valence electrons. The summed E-state index contributed by atoms with van der Waals surface area (Å²) in [6.07, 6.45) is 20.6. The fraction of sp³-hybridized carbons (Fsp3) is 0.417.